The number of hydrogen-bond donors (Lipinski definition) is 2. The summed E-state index contributed by atoms with van der Waals surface area (Å²) in [6, 6.07) is 6.55. The summed E-state index contributed by atoms with van der Waals surface area (Å²) in [6.45, 7) is 0.174. The molecular formula is C20H17F2N3O3. The summed E-state index contributed by atoms with van der Waals surface area (Å²) < 4.78 is 26.5. The van der Waals surface area contributed by atoms with E-state index < -0.39 is 28.9 Å². The van der Waals surface area contributed by atoms with Gasteiger partial charge in [0.05, 0.1) is 11.9 Å². The lowest BCUT2D eigenvalue weighted by molar-refractivity contribution is -0.147. The molecule has 0 saturated carbocycles. The first-order valence-electron chi connectivity index (χ1n) is 8.82. The van der Waals surface area contributed by atoms with E-state index in [1.54, 1.807) is 12.3 Å². The molecule has 1 aromatic carbocycles. The fraction of sp³-hybridized carbons (Fsp3) is 0.250. The van der Waals surface area contributed by atoms with Crippen LogP contribution in [0.4, 0.5) is 14.5 Å². The molecule has 1 aliphatic heterocycles. The van der Waals surface area contributed by atoms with Gasteiger partial charge in [0.2, 0.25) is 5.60 Å². The number of ketones is 1. The number of aryl methyl sites for hydroxylation is 1. The SMILES string of the molecule is O=C(CCc1cc(F)cc(F)c1)[C@@]1(O)CCN(c2cnc3[nH]ccc3c2)C1=O. The Bertz CT molecular complexity index is 1060. The monoisotopic (exact) mass is 385 g/mol. The van der Waals surface area contributed by atoms with Crippen molar-refractivity contribution < 1.29 is 23.5 Å². The molecule has 6 nitrogen and oxygen atoms in total. The van der Waals surface area contributed by atoms with Crippen LogP contribution in [0.25, 0.3) is 11.0 Å². The van der Waals surface area contributed by atoms with Gasteiger partial charge in [0.1, 0.15) is 17.3 Å². The molecule has 4 rings (SSSR count). The lowest BCUT2D eigenvalue weighted by Gasteiger charge is -2.21. The van der Waals surface area contributed by atoms with Gasteiger partial charge in [-0.15, -0.1) is 0 Å². The quantitative estimate of drug-likeness (QED) is 0.661. The summed E-state index contributed by atoms with van der Waals surface area (Å²) in [5.41, 5.74) is -0.685. The maximum Gasteiger partial charge on any atom is 0.266 e. The lowest BCUT2D eigenvalue weighted by atomic mass is 9.92. The van der Waals surface area contributed by atoms with Crippen LogP contribution in [0.1, 0.15) is 18.4 Å². The van der Waals surface area contributed by atoms with Gasteiger partial charge in [0.25, 0.3) is 5.91 Å². The molecule has 3 heterocycles. The molecule has 0 unspecified atom stereocenters. The van der Waals surface area contributed by atoms with Crippen molar-refractivity contribution in [2.45, 2.75) is 24.9 Å². The minimum atomic E-state index is -2.14. The average Bonchev–Trinajstić information content (AvgIpc) is 3.24. The second-order valence-corrected chi connectivity index (χ2v) is 6.88. The number of aliphatic hydroxyl groups is 1. The molecule has 0 spiro atoms. The number of fused-ring (bicyclic) bond motifs is 1. The van der Waals surface area contributed by atoms with Crippen LogP contribution >= 0.6 is 0 Å². The molecule has 2 aromatic heterocycles. The highest BCUT2D eigenvalue weighted by Gasteiger charge is 2.50. The maximum atomic E-state index is 13.3. The zero-order valence-electron chi connectivity index (χ0n) is 14.8. The number of aromatic nitrogens is 2. The summed E-state index contributed by atoms with van der Waals surface area (Å²) in [4.78, 5) is 33.8. The van der Waals surface area contributed by atoms with Crippen LogP contribution in [0.15, 0.2) is 42.7 Å². The Morgan fingerprint density at radius 2 is 2.00 bits per heavy atom. The van der Waals surface area contributed by atoms with Crippen molar-refractivity contribution >= 4 is 28.4 Å². The van der Waals surface area contributed by atoms with E-state index >= 15 is 0 Å². The first-order valence-corrected chi connectivity index (χ1v) is 8.82. The maximum absolute atomic E-state index is 13.3. The zero-order valence-corrected chi connectivity index (χ0v) is 14.8. The van der Waals surface area contributed by atoms with Crippen molar-refractivity contribution in [2.24, 2.45) is 0 Å². The van der Waals surface area contributed by atoms with Gasteiger partial charge in [-0.05, 0) is 36.2 Å². The molecule has 0 bridgehead atoms. The van der Waals surface area contributed by atoms with Gasteiger partial charge >= 0.3 is 0 Å². The van der Waals surface area contributed by atoms with E-state index in [1.807, 2.05) is 6.07 Å². The number of nitrogens with one attached hydrogen (secondary N) is 1. The average molecular weight is 385 g/mol. The number of aromatic amines is 1. The number of amides is 1. The van der Waals surface area contributed by atoms with Crippen molar-refractivity contribution in [3.05, 3.63) is 59.9 Å². The fourth-order valence-electron chi connectivity index (χ4n) is 3.51. The highest BCUT2D eigenvalue weighted by molar-refractivity contribution is 6.17. The topological polar surface area (TPSA) is 86.3 Å². The Labute approximate surface area is 158 Å². The van der Waals surface area contributed by atoms with Crippen molar-refractivity contribution in [3.8, 4) is 0 Å². The van der Waals surface area contributed by atoms with Crippen LogP contribution < -0.4 is 4.90 Å². The molecule has 2 N–H and O–H groups in total. The number of hydrogen-bond acceptors (Lipinski definition) is 4. The minimum absolute atomic E-state index is 0.0277. The summed E-state index contributed by atoms with van der Waals surface area (Å²) in [5, 5.41) is 11.5. The molecule has 1 atom stereocenters. The van der Waals surface area contributed by atoms with E-state index in [1.165, 1.54) is 11.1 Å². The fourth-order valence-corrected chi connectivity index (χ4v) is 3.51. The molecule has 144 valence electrons. The summed E-state index contributed by atoms with van der Waals surface area (Å²) >= 11 is 0. The molecule has 3 aromatic rings. The van der Waals surface area contributed by atoms with E-state index in [4.69, 9.17) is 0 Å². The van der Waals surface area contributed by atoms with Crippen LogP contribution in [0.2, 0.25) is 0 Å². The van der Waals surface area contributed by atoms with Gasteiger partial charge in [-0.1, -0.05) is 0 Å². The number of Topliss-reactive ketones (excluding diaryl/α,β-unsaturated/α-hetero) is 1. The molecule has 0 radical (unpaired) electrons. The van der Waals surface area contributed by atoms with E-state index in [9.17, 15) is 23.5 Å². The number of nitrogens with zero attached hydrogens (tertiary/aromatic N) is 2. The van der Waals surface area contributed by atoms with Crippen LogP contribution in [-0.4, -0.2) is 38.9 Å². The first-order chi connectivity index (χ1) is 13.4. The number of anilines is 1. The van der Waals surface area contributed by atoms with Crippen molar-refractivity contribution in [3.63, 3.8) is 0 Å². The number of H-pyrrole nitrogens is 1. The van der Waals surface area contributed by atoms with Crippen LogP contribution in [0.3, 0.4) is 0 Å². The largest absolute Gasteiger partial charge is 0.373 e. The molecule has 8 heteroatoms. The number of carbonyl (C=O) groups is 2. The second kappa shape index (κ2) is 6.79. The summed E-state index contributed by atoms with van der Waals surface area (Å²) in [5.74, 6) is -2.85. The Kier molecular flexibility index (Phi) is 4.43. The van der Waals surface area contributed by atoms with E-state index in [2.05, 4.69) is 9.97 Å². The lowest BCUT2D eigenvalue weighted by Crippen LogP contribution is -2.47. The molecule has 1 fully saturated rings. The van der Waals surface area contributed by atoms with E-state index in [0.29, 0.717) is 16.9 Å². The molecule has 1 saturated heterocycles. The number of benzene rings is 1. The number of rotatable bonds is 5. The minimum Gasteiger partial charge on any atom is -0.373 e. The third kappa shape index (κ3) is 3.16. The Hall–Kier alpha value is -3.13. The van der Waals surface area contributed by atoms with Gasteiger partial charge < -0.3 is 15.0 Å². The van der Waals surface area contributed by atoms with Crippen molar-refractivity contribution in [1.29, 1.82) is 0 Å². The van der Waals surface area contributed by atoms with Gasteiger partial charge in [0, 0.05) is 37.0 Å². The van der Waals surface area contributed by atoms with Gasteiger partial charge in [-0.2, -0.15) is 0 Å². The second-order valence-electron chi connectivity index (χ2n) is 6.88. The molecule has 0 aliphatic carbocycles. The zero-order chi connectivity index (χ0) is 19.9. The predicted octanol–water partition coefficient (Wildman–Crippen LogP) is 2.51. The first kappa shape index (κ1) is 18.2. The number of pyridine rings is 1. The van der Waals surface area contributed by atoms with E-state index in [0.717, 1.165) is 23.6 Å². The van der Waals surface area contributed by atoms with Crippen LogP contribution in [0.5, 0.6) is 0 Å². The summed E-state index contributed by atoms with van der Waals surface area (Å²) in [6.07, 6.45) is 3.01. The Balaban J connectivity index is 1.49. The highest BCUT2D eigenvalue weighted by atomic mass is 19.1. The highest BCUT2D eigenvalue weighted by Crippen LogP contribution is 2.31. The van der Waals surface area contributed by atoms with Gasteiger partial charge in [-0.25, -0.2) is 13.8 Å². The molecular weight excluding hydrogens is 368 g/mol. The van der Waals surface area contributed by atoms with E-state index in [-0.39, 0.29) is 25.8 Å². The van der Waals surface area contributed by atoms with Gasteiger partial charge in [0.15, 0.2) is 5.78 Å². The predicted molar refractivity (Wildman–Crippen MR) is 97.7 cm³/mol. The third-order valence-electron chi connectivity index (χ3n) is 5.02. The third-order valence-corrected chi connectivity index (χ3v) is 5.02. The molecule has 28 heavy (non-hydrogen) atoms. The Morgan fingerprint density at radius 3 is 2.75 bits per heavy atom. The number of carbonyl (C=O) groups excluding carboxylic acids is 2. The molecule has 1 amide bonds. The van der Waals surface area contributed by atoms with Crippen LogP contribution in [0, 0.1) is 11.6 Å². The Morgan fingerprint density at radius 1 is 1.25 bits per heavy atom. The molecule has 1 aliphatic rings. The van der Waals surface area contributed by atoms with Gasteiger partial charge in [-0.3, -0.25) is 9.59 Å². The number of halogens is 2. The van der Waals surface area contributed by atoms with Crippen molar-refractivity contribution in [1.82, 2.24) is 9.97 Å². The smallest absolute Gasteiger partial charge is 0.266 e. The summed E-state index contributed by atoms with van der Waals surface area (Å²) in [7, 11) is 0. The normalized spacial score (nSPS) is 19.5. The van der Waals surface area contributed by atoms with Crippen molar-refractivity contribution in [2.75, 3.05) is 11.4 Å². The standard InChI is InChI=1S/C20H17F2N3O3/c21-14-7-12(8-15(22)10-14)1-2-17(26)20(28)4-6-25(19(20)27)16-9-13-3-5-23-18(13)24-11-16/h3,5,7-11,28H,1-2,4,6H2,(H,23,24)/t20-/m0/s1. The van der Waals surface area contributed by atoms with Crippen LogP contribution in [-0.2, 0) is 16.0 Å².